The molecule has 0 saturated heterocycles. The summed E-state index contributed by atoms with van der Waals surface area (Å²) in [6, 6.07) is 0. The van der Waals surface area contributed by atoms with Crippen molar-refractivity contribution in [3.8, 4) is 0 Å². The molecule has 42 valence electrons. The highest BCUT2D eigenvalue weighted by molar-refractivity contribution is 7.80. The minimum absolute atomic E-state index is 0.375. The summed E-state index contributed by atoms with van der Waals surface area (Å²) >= 11 is 3.75. The average Bonchev–Trinajstić information content (AvgIpc) is 1.65. The molecule has 0 aromatic rings. The lowest BCUT2D eigenvalue weighted by atomic mass is 10.5. The van der Waals surface area contributed by atoms with Crippen LogP contribution in [-0.2, 0) is 4.79 Å². The van der Waals surface area contributed by atoms with Crippen LogP contribution in [-0.4, -0.2) is 22.5 Å². The lowest BCUT2D eigenvalue weighted by molar-refractivity contribution is -0.135. The molecular formula is C3H7O2PS. The fourth-order valence-corrected chi connectivity index (χ4v) is 0.234. The monoisotopic (exact) mass is 138 g/mol. The van der Waals surface area contributed by atoms with Gasteiger partial charge in [0, 0.05) is 5.75 Å². The van der Waals surface area contributed by atoms with Crippen molar-refractivity contribution >= 4 is 27.8 Å². The van der Waals surface area contributed by atoms with Crippen molar-refractivity contribution < 1.29 is 9.90 Å². The number of carboxylic acid groups (broad SMARTS) is 1. The number of hydrogen-bond acceptors (Lipinski definition) is 2. The van der Waals surface area contributed by atoms with Crippen LogP contribution in [0.1, 0.15) is 0 Å². The van der Waals surface area contributed by atoms with Gasteiger partial charge >= 0.3 is 5.97 Å². The lowest BCUT2D eigenvalue weighted by Gasteiger charge is -1.95. The summed E-state index contributed by atoms with van der Waals surface area (Å²) in [4.78, 5) is 9.86. The van der Waals surface area contributed by atoms with Gasteiger partial charge in [0.05, 0.1) is 5.66 Å². The number of rotatable bonds is 2. The Morgan fingerprint density at radius 3 is 2.43 bits per heavy atom. The first kappa shape index (κ1) is 7.25. The third-order valence-electron chi connectivity index (χ3n) is 0.514. The van der Waals surface area contributed by atoms with E-state index in [9.17, 15) is 4.79 Å². The highest BCUT2D eigenvalue weighted by atomic mass is 32.1. The van der Waals surface area contributed by atoms with Gasteiger partial charge in [-0.3, -0.25) is 4.79 Å². The molecule has 0 aliphatic rings. The molecule has 2 nitrogen and oxygen atoms in total. The number of aliphatic carboxylic acids is 1. The van der Waals surface area contributed by atoms with Gasteiger partial charge < -0.3 is 5.11 Å². The van der Waals surface area contributed by atoms with Gasteiger partial charge in [-0.25, -0.2) is 0 Å². The third-order valence-corrected chi connectivity index (χ3v) is 1.82. The predicted octanol–water partition coefficient (Wildman–Crippen LogP) is 0.244. The molecular weight excluding hydrogens is 131 g/mol. The molecule has 0 amide bonds. The van der Waals surface area contributed by atoms with Crippen LogP contribution in [0.25, 0.3) is 0 Å². The second-order valence-electron chi connectivity index (χ2n) is 1.13. The molecule has 2 unspecified atom stereocenters. The minimum atomic E-state index is -0.819. The molecule has 0 heterocycles. The van der Waals surface area contributed by atoms with E-state index >= 15 is 0 Å². The van der Waals surface area contributed by atoms with Crippen LogP contribution in [0.2, 0.25) is 0 Å². The Labute approximate surface area is 49.9 Å². The average molecular weight is 138 g/mol. The van der Waals surface area contributed by atoms with Crippen molar-refractivity contribution in [1.82, 2.24) is 0 Å². The first-order valence-corrected chi connectivity index (χ1v) is 3.07. The SMILES string of the molecule is O=C(O)C(P)CS. The maximum atomic E-state index is 9.86. The highest BCUT2D eigenvalue weighted by Gasteiger charge is 2.05. The maximum Gasteiger partial charge on any atom is 0.311 e. The molecule has 0 aromatic carbocycles. The first-order chi connectivity index (χ1) is 3.18. The third kappa shape index (κ3) is 2.89. The van der Waals surface area contributed by atoms with E-state index in [2.05, 4.69) is 21.9 Å². The van der Waals surface area contributed by atoms with Crippen LogP contribution < -0.4 is 0 Å². The summed E-state index contributed by atoms with van der Waals surface area (Å²) in [7, 11) is 2.17. The second-order valence-corrected chi connectivity index (χ2v) is 2.30. The van der Waals surface area contributed by atoms with Crippen LogP contribution in [0, 0.1) is 0 Å². The fraction of sp³-hybridized carbons (Fsp3) is 0.667. The van der Waals surface area contributed by atoms with Crippen LogP contribution in [0.15, 0.2) is 0 Å². The molecule has 0 rings (SSSR count). The molecule has 0 aliphatic heterocycles. The Kier molecular flexibility index (Phi) is 3.39. The van der Waals surface area contributed by atoms with E-state index in [0.29, 0.717) is 5.75 Å². The highest BCUT2D eigenvalue weighted by Crippen LogP contribution is 2.00. The van der Waals surface area contributed by atoms with Gasteiger partial charge in [0.25, 0.3) is 0 Å². The number of hydrogen-bond donors (Lipinski definition) is 2. The molecule has 4 heteroatoms. The van der Waals surface area contributed by atoms with E-state index in [1.54, 1.807) is 0 Å². The second kappa shape index (κ2) is 3.28. The van der Waals surface area contributed by atoms with Gasteiger partial charge in [-0.05, 0) is 0 Å². The zero-order valence-corrected chi connectivity index (χ0v) is 5.71. The fourth-order valence-electron chi connectivity index (χ4n) is 0.0781. The molecule has 0 aromatic heterocycles. The van der Waals surface area contributed by atoms with Gasteiger partial charge in [-0.2, -0.15) is 12.6 Å². The summed E-state index contributed by atoms with van der Waals surface area (Å²) in [5.41, 5.74) is -0.400. The smallest absolute Gasteiger partial charge is 0.311 e. The zero-order chi connectivity index (χ0) is 5.86. The Bertz CT molecular complexity index is 75.3. The van der Waals surface area contributed by atoms with Crippen LogP contribution in [0.3, 0.4) is 0 Å². The van der Waals surface area contributed by atoms with E-state index < -0.39 is 11.6 Å². The maximum absolute atomic E-state index is 9.86. The molecule has 0 radical (unpaired) electrons. The van der Waals surface area contributed by atoms with Crippen molar-refractivity contribution in [2.24, 2.45) is 0 Å². The van der Waals surface area contributed by atoms with Crippen LogP contribution in [0.5, 0.6) is 0 Å². The lowest BCUT2D eigenvalue weighted by Crippen LogP contribution is -2.13. The zero-order valence-electron chi connectivity index (χ0n) is 3.66. The summed E-state index contributed by atoms with van der Waals surface area (Å²) < 4.78 is 0. The first-order valence-electron chi connectivity index (χ1n) is 1.77. The largest absolute Gasteiger partial charge is 0.481 e. The predicted molar refractivity (Wildman–Crippen MR) is 35.0 cm³/mol. The molecule has 7 heavy (non-hydrogen) atoms. The Hall–Kier alpha value is 0.250. The summed E-state index contributed by atoms with van der Waals surface area (Å²) in [6.45, 7) is 0. The molecule has 0 bridgehead atoms. The van der Waals surface area contributed by atoms with Gasteiger partial charge in [-0.1, -0.05) is 0 Å². The Morgan fingerprint density at radius 1 is 2.00 bits per heavy atom. The van der Waals surface area contributed by atoms with Gasteiger partial charge in [0.2, 0.25) is 0 Å². The minimum Gasteiger partial charge on any atom is -0.481 e. The van der Waals surface area contributed by atoms with E-state index in [1.807, 2.05) is 0 Å². The molecule has 1 N–H and O–H groups in total. The topological polar surface area (TPSA) is 37.3 Å². The molecule has 0 fully saturated rings. The molecule has 0 spiro atoms. The van der Waals surface area contributed by atoms with Crippen molar-refractivity contribution in [3.05, 3.63) is 0 Å². The van der Waals surface area contributed by atoms with Crippen molar-refractivity contribution in [2.75, 3.05) is 5.75 Å². The number of carboxylic acids is 1. The normalized spacial score (nSPS) is 13.4. The molecule has 0 saturated carbocycles. The number of carbonyl (C=O) groups is 1. The van der Waals surface area contributed by atoms with Crippen LogP contribution >= 0.6 is 21.9 Å². The van der Waals surface area contributed by atoms with Crippen molar-refractivity contribution in [3.63, 3.8) is 0 Å². The number of thiol groups is 1. The van der Waals surface area contributed by atoms with E-state index in [-0.39, 0.29) is 0 Å². The molecule has 2 atom stereocenters. The summed E-state index contributed by atoms with van der Waals surface area (Å²) in [5, 5.41) is 8.11. The van der Waals surface area contributed by atoms with Gasteiger partial charge in [0.15, 0.2) is 0 Å². The summed E-state index contributed by atoms with van der Waals surface area (Å²) in [6.07, 6.45) is 0. The van der Waals surface area contributed by atoms with Gasteiger partial charge in [0.1, 0.15) is 0 Å². The molecule has 0 aliphatic carbocycles. The standard InChI is InChI=1S/C3H7O2PS/c4-3(5)2(6)1-7/h2,7H,1,6H2,(H,4,5). The van der Waals surface area contributed by atoms with E-state index in [4.69, 9.17) is 5.11 Å². The van der Waals surface area contributed by atoms with E-state index in [0.717, 1.165) is 0 Å². The van der Waals surface area contributed by atoms with E-state index in [1.165, 1.54) is 0 Å². The Balaban J connectivity index is 3.34. The van der Waals surface area contributed by atoms with Crippen LogP contribution in [0.4, 0.5) is 0 Å². The van der Waals surface area contributed by atoms with Crippen molar-refractivity contribution in [1.29, 1.82) is 0 Å². The van der Waals surface area contributed by atoms with Crippen molar-refractivity contribution in [2.45, 2.75) is 5.66 Å². The summed E-state index contributed by atoms with van der Waals surface area (Å²) in [5.74, 6) is -0.444. The quantitative estimate of drug-likeness (QED) is 0.424. The van der Waals surface area contributed by atoms with Gasteiger partial charge in [-0.15, -0.1) is 9.24 Å². The Morgan fingerprint density at radius 2 is 2.43 bits per heavy atom.